The molecule has 28 heavy (non-hydrogen) atoms. The van der Waals surface area contributed by atoms with Gasteiger partial charge in [0, 0.05) is 49.0 Å². The molecule has 148 valence electrons. The van der Waals surface area contributed by atoms with E-state index in [1.54, 1.807) is 10.4 Å². The third-order valence-corrected chi connectivity index (χ3v) is 6.86. The molecule has 0 spiro atoms. The molecular formula is C20H24N4O3S. The van der Waals surface area contributed by atoms with Gasteiger partial charge in [0.05, 0.1) is 11.2 Å². The molecule has 1 aromatic carbocycles. The van der Waals surface area contributed by atoms with Crippen molar-refractivity contribution < 1.29 is 12.9 Å². The Kier molecular flexibility index (Phi) is 5.32. The largest absolute Gasteiger partial charge is 0.368 e. The smallest absolute Gasteiger partial charge is 0.220 e. The van der Waals surface area contributed by atoms with Crippen molar-refractivity contribution in [2.75, 3.05) is 31.1 Å². The lowest BCUT2D eigenvalue weighted by atomic mass is 10.1. The summed E-state index contributed by atoms with van der Waals surface area (Å²) in [7, 11) is -3.40. The van der Waals surface area contributed by atoms with Gasteiger partial charge in [-0.3, -0.25) is 4.98 Å². The predicted molar refractivity (Wildman–Crippen MR) is 109 cm³/mol. The summed E-state index contributed by atoms with van der Waals surface area (Å²) in [6.45, 7) is 4.37. The maximum Gasteiger partial charge on any atom is 0.220 e. The van der Waals surface area contributed by atoms with Crippen molar-refractivity contribution in [3.05, 3.63) is 54.0 Å². The van der Waals surface area contributed by atoms with Crippen molar-refractivity contribution in [1.29, 1.82) is 0 Å². The molecule has 4 rings (SSSR count). The van der Waals surface area contributed by atoms with E-state index in [4.69, 9.17) is 9.51 Å². The highest BCUT2D eigenvalue weighted by Crippen LogP contribution is 2.28. The van der Waals surface area contributed by atoms with Gasteiger partial charge in [-0.05, 0) is 18.6 Å². The Bertz CT molecular complexity index is 1040. The van der Waals surface area contributed by atoms with E-state index in [1.165, 1.54) is 6.26 Å². The van der Waals surface area contributed by atoms with Crippen LogP contribution in [0.4, 0.5) is 5.69 Å². The summed E-state index contributed by atoms with van der Waals surface area (Å²) in [5, 5.41) is 4.83. The number of hydrogen-bond acceptors (Lipinski definition) is 6. The highest BCUT2D eigenvalue weighted by molar-refractivity contribution is 7.88. The first kappa shape index (κ1) is 18.9. The van der Waals surface area contributed by atoms with Crippen LogP contribution in [0, 0.1) is 0 Å². The molecule has 0 N–H and O–H groups in total. The van der Waals surface area contributed by atoms with Gasteiger partial charge in [-0.1, -0.05) is 36.7 Å². The number of anilines is 1. The summed E-state index contributed by atoms with van der Waals surface area (Å²) >= 11 is 0. The van der Waals surface area contributed by atoms with E-state index in [2.05, 4.69) is 29.1 Å². The Labute approximate surface area is 165 Å². The van der Waals surface area contributed by atoms with Crippen LogP contribution in [-0.4, -0.2) is 49.0 Å². The van der Waals surface area contributed by atoms with Crippen LogP contribution in [0.5, 0.6) is 0 Å². The van der Waals surface area contributed by atoms with Crippen LogP contribution in [0.3, 0.4) is 0 Å². The summed E-state index contributed by atoms with van der Waals surface area (Å²) < 4.78 is 31.6. The van der Waals surface area contributed by atoms with Crippen molar-refractivity contribution >= 4 is 26.6 Å². The van der Waals surface area contributed by atoms with Crippen molar-refractivity contribution in [1.82, 2.24) is 14.4 Å². The number of piperazine rings is 1. The lowest BCUT2D eigenvalue weighted by Crippen LogP contribution is -2.49. The van der Waals surface area contributed by atoms with E-state index >= 15 is 0 Å². The third-order valence-electron chi connectivity index (χ3n) is 5.05. The fourth-order valence-electron chi connectivity index (χ4n) is 3.65. The second-order valence-electron chi connectivity index (χ2n) is 7.03. The van der Waals surface area contributed by atoms with Crippen LogP contribution in [0.1, 0.15) is 24.7 Å². The van der Waals surface area contributed by atoms with Gasteiger partial charge in [-0.15, -0.1) is 0 Å². The molecule has 7 nitrogen and oxygen atoms in total. The molecule has 1 aliphatic heterocycles. The molecule has 0 amide bonds. The first-order valence-electron chi connectivity index (χ1n) is 9.57. The molecule has 0 unspecified atom stereocenters. The number of pyridine rings is 1. The predicted octanol–water partition coefficient (Wildman–Crippen LogP) is 2.83. The molecule has 3 heterocycles. The molecule has 1 aliphatic rings. The van der Waals surface area contributed by atoms with Gasteiger partial charge in [-0.25, -0.2) is 8.42 Å². The summed E-state index contributed by atoms with van der Waals surface area (Å²) in [6, 6.07) is 11.9. The second-order valence-corrected chi connectivity index (χ2v) is 9.00. The lowest BCUT2D eigenvalue weighted by molar-refractivity contribution is 0.382. The van der Waals surface area contributed by atoms with Gasteiger partial charge < -0.3 is 9.42 Å². The second kappa shape index (κ2) is 7.89. The van der Waals surface area contributed by atoms with Gasteiger partial charge in [0.2, 0.25) is 10.0 Å². The molecule has 0 saturated carbocycles. The summed E-state index contributed by atoms with van der Waals surface area (Å²) in [4.78, 5) is 7.04. The zero-order valence-corrected chi connectivity index (χ0v) is 16.7. The minimum atomic E-state index is -3.40. The number of nitrogens with zero attached hydrogens (tertiary/aromatic N) is 4. The summed E-state index contributed by atoms with van der Waals surface area (Å²) in [5.74, 6) is -0.123. The number of benzene rings is 1. The Morgan fingerprint density at radius 2 is 1.86 bits per heavy atom. The van der Waals surface area contributed by atoms with Crippen LogP contribution in [-0.2, 0) is 22.2 Å². The average molecular weight is 401 g/mol. The Morgan fingerprint density at radius 1 is 1.07 bits per heavy atom. The Hall–Kier alpha value is -2.45. The van der Waals surface area contributed by atoms with E-state index in [0.29, 0.717) is 31.9 Å². The summed E-state index contributed by atoms with van der Waals surface area (Å²) in [5.41, 5.74) is 3.65. The molecular weight excluding hydrogens is 376 g/mol. The highest BCUT2D eigenvalue weighted by Gasteiger charge is 2.28. The first-order chi connectivity index (χ1) is 13.6. The minimum Gasteiger partial charge on any atom is -0.368 e. The zero-order chi connectivity index (χ0) is 19.6. The van der Waals surface area contributed by atoms with Crippen molar-refractivity contribution in [2.45, 2.75) is 25.5 Å². The summed E-state index contributed by atoms with van der Waals surface area (Å²) in [6.07, 6.45) is 3.37. The molecule has 1 fully saturated rings. The highest BCUT2D eigenvalue weighted by atomic mass is 32.2. The topological polar surface area (TPSA) is 79.5 Å². The molecule has 0 bridgehead atoms. The average Bonchev–Trinajstić information content (AvgIpc) is 3.20. The SMILES string of the molecule is CCCc1cc(N2CCN(S(=O)(=O)Cc3ccon3)CC2)c2ccccc2n1. The zero-order valence-electron chi connectivity index (χ0n) is 15.9. The minimum absolute atomic E-state index is 0.123. The van der Waals surface area contributed by atoms with E-state index in [0.717, 1.165) is 35.1 Å². The van der Waals surface area contributed by atoms with Gasteiger partial charge in [0.15, 0.2) is 0 Å². The molecule has 2 aromatic heterocycles. The number of sulfonamides is 1. The molecule has 3 aromatic rings. The van der Waals surface area contributed by atoms with E-state index in [9.17, 15) is 8.42 Å². The number of fused-ring (bicyclic) bond motifs is 1. The Morgan fingerprint density at radius 3 is 2.57 bits per heavy atom. The fourth-order valence-corrected chi connectivity index (χ4v) is 5.08. The molecule has 0 aliphatic carbocycles. The van der Waals surface area contributed by atoms with Gasteiger partial charge in [0.1, 0.15) is 12.0 Å². The number of rotatable bonds is 6. The maximum atomic E-state index is 12.7. The van der Waals surface area contributed by atoms with Crippen LogP contribution in [0.15, 0.2) is 47.2 Å². The molecule has 0 atom stereocenters. The van der Waals surface area contributed by atoms with Crippen molar-refractivity contribution in [2.24, 2.45) is 0 Å². The molecule has 8 heteroatoms. The monoisotopic (exact) mass is 400 g/mol. The van der Waals surface area contributed by atoms with Crippen molar-refractivity contribution in [3.8, 4) is 0 Å². The van der Waals surface area contributed by atoms with E-state index < -0.39 is 10.0 Å². The van der Waals surface area contributed by atoms with Crippen LogP contribution < -0.4 is 4.90 Å². The Balaban J connectivity index is 1.53. The number of hydrogen-bond donors (Lipinski definition) is 0. The first-order valence-corrected chi connectivity index (χ1v) is 11.2. The lowest BCUT2D eigenvalue weighted by Gasteiger charge is -2.36. The van der Waals surface area contributed by atoms with Gasteiger partial charge in [0.25, 0.3) is 0 Å². The van der Waals surface area contributed by atoms with Crippen LogP contribution >= 0.6 is 0 Å². The number of aryl methyl sites for hydroxylation is 1. The molecule has 1 saturated heterocycles. The van der Waals surface area contributed by atoms with Gasteiger partial charge >= 0.3 is 0 Å². The van der Waals surface area contributed by atoms with Crippen LogP contribution in [0.2, 0.25) is 0 Å². The van der Waals surface area contributed by atoms with E-state index in [-0.39, 0.29) is 5.75 Å². The fraction of sp³-hybridized carbons (Fsp3) is 0.400. The van der Waals surface area contributed by atoms with Crippen molar-refractivity contribution in [3.63, 3.8) is 0 Å². The van der Waals surface area contributed by atoms with E-state index in [1.807, 2.05) is 18.2 Å². The maximum absolute atomic E-state index is 12.7. The van der Waals surface area contributed by atoms with Gasteiger partial charge in [-0.2, -0.15) is 4.31 Å². The quantitative estimate of drug-likeness (QED) is 0.633. The van der Waals surface area contributed by atoms with Crippen LogP contribution in [0.25, 0.3) is 10.9 Å². The third kappa shape index (κ3) is 3.88. The number of para-hydroxylation sites is 1. The molecule has 0 radical (unpaired) electrons. The number of aromatic nitrogens is 2. The standard InChI is InChI=1S/C20H24N4O3S/c1-2-5-16-14-20(18-6-3-4-7-19(18)21-16)23-9-11-24(12-10-23)28(25,26)15-17-8-13-27-22-17/h3-4,6-8,13-14H,2,5,9-12,15H2,1H3. The normalized spacial score (nSPS) is 16.0.